The molecule has 5 nitrogen and oxygen atoms in total. The van der Waals surface area contributed by atoms with Gasteiger partial charge in [0, 0.05) is 18.8 Å². The molecule has 0 aromatic carbocycles. The minimum atomic E-state index is -0.557. The van der Waals surface area contributed by atoms with Gasteiger partial charge in [-0.2, -0.15) is 0 Å². The van der Waals surface area contributed by atoms with Crippen LogP contribution in [0, 0.1) is 5.92 Å². The molecule has 1 N–H and O–H groups in total. The average molecular weight is 530 g/mol. The fourth-order valence-corrected chi connectivity index (χ4v) is 4.54. The van der Waals surface area contributed by atoms with Crippen molar-refractivity contribution < 1.29 is 24.1 Å². The van der Waals surface area contributed by atoms with Crippen molar-refractivity contribution in [1.82, 2.24) is 0 Å². The highest BCUT2D eigenvalue weighted by atomic mass is 32.4. The summed E-state index contributed by atoms with van der Waals surface area (Å²) in [4.78, 5) is 0. The normalized spacial score (nSPS) is 40.7. The molecule has 4 fully saturated rings. The monoisotopic (exact) mass is 530 g/mol. The Morgan fingerprint density at radius 3 is 1.58 bits per heavy atom. The Labute approximate surface area is 200 Å². The van der Waals surface area contributed by atoms with Gasteiger partial charge in [-0.3, -0.25) is 0 Å². The molecule has 4 unspecified atom stereocenters. The maximum absolute atomic E-state index is 9.87. The average Bonchev–Trinajstić information content (AvgIpc) is 3.62. The number of hydrogen-bond acceptors (Lipinski definition) is 5. The second-order valence-electron chi connectivity index (χ2n) is 9.62. The lowest BCUT2D eigenvalue weighted by Gasteiger charge is -2.42. The van der Waals surface area contributed by atoms with Crippen LogP contribution < -0.4 is 0 Å². The van der Waals surface area contributed by atoms with Crippen LogP contribution in [0.2, 0.25) is 0 Å². The lowest BCUT2D eigenvalue weighted by molar-refractivity contribution is -0.171. The first-order valence-electron chi connectivity index (χ1n) is 10.5. The second-order valence-corrected chi connectivity index (χ2v) is 13.9. The molecule has 0 saturated carbocycles. The summed E-state index contributed by atoms with van der Waals surface area (Å²) < 4.78 is 22.5. The number of aliphatic hydroxyl groups is 1. The zero-order valence-corrected chi connectivity index (χ0v) is 25.2. The molecular formula is C21H43O5P5. The first kappa shape index (κ1) is 30.5. The highest BCUT2D eigenvalue weighted by Crippen LogP contribution is 2.49. The van der Waals surface area contributed by atoms with Gasteiger partial charge in [-0.15, -0.1) is 48.9 Å². The van der Waals surface area contributed by atoms with E-state index in [0.29, 0.717) is 12.5 Å². The molecule has 4 saturated heterocycles. The van der Waals surface area contributed by atoms with E-state index in [4.69, 9.17) is 18.9 Å². The maximum Gasteiger partial charge on any atom is 0.123 e. The molecule has 10 heteroatoms. The molecule has 0 aromatic heterocycles. The fourth-order valence-electron chi connectivity index (χ4n) is 4.54. The largest absolute Gasteiger partial charge is 0.387 e. The van der Waals surface area contributed by atoms with Crippen molar-refractivity contribution in [3.8, 4) is 0 Å². The van der Waals surface area contributed by atoms with Crippen LogP contribution in [-0.4, -0.2) is 59.0 Å². The highest BCUT2D eigenvalue weighted by molar-refractivity contribution is 8.33. The van der Waals surface area contributed by atoms with Gasteiger partial charge >= 0.3 is 0 Å². The topological polar surface area (TPSA) is 63.8 Å². The summed E-state index contributed by atoms with van der Waals surface area (Å²) in [6.45, 7) is 19.5. The molecule has 182 valence electrons. The number of rotatable bonds is 2. The van der Waals surface area contributed by atoms with E-state index in [9.17, 15) is 5.11 Å². The van der Waals surface area contributed by atoms with Crippen molar-refractivity contribution in [3.63, 3.8) is 0 Å². The van der Waals surface area contributed by atoms with Crippen molar-refractivity contribution in [2.45, 2.75) is 88.2 Å². The maximum atomic E-state index is 9.87. The van der Waals surface area contributed by atoms with E-state index in [1.54, 1.807) is 6.08 Å². The molecule has 4 rings (SSSR count). The summed E-state index contributed by atoms with van der Waals surface area (Å²) in [7, 11) is 10.7. The van der Waals surface area contributed by atoms with Crippen LogP contribution in [0.1, 0.15) is 47.5 Å². The molecule has 4 aliphatic heterocycles. The van der Waals surface area contributed by atoms with Gasteiger partial charge in [-0.05, 0) is 27.7 Å². The minimum Gasteiger partial charge on any atom is -0.387 e. The molecule has 0 amide bonds. The summed E-state index contributed by atoms with van der Waals surface area (Å²) in [6.07, 6.45) is 4.59. The van der Waals surface area contributed by atoms with Crippen LogP contribution in [-0.2, 0) is 18.9 Å². The Hall–Kier alpha value is 1.43. The number of hydrogen-bond donors (Lipinski definition) is 1. The first-order chi connectivity index (χ1) is 14.4. The quantitative estimate of drug-likeness (QED) is 0.312. The van der Waals surface area contributed by atoms with Crippen LogP contribution in [0.25, 0.3) is 0 Å². The number of ether oxygens (including phenoxy) is 4. The molecule has 31 heavy (non-hydrogen) atoms. The van der Waals surface area contributed by atoms with Crippen LogP contribution >= 0.6 is 43.7 Å². The SMILES string of the molecule is C=C[C@H]1OC(C)(C)C[C@@]2(CO2)[C@@H]1C.C=C[C@H]1OC(C)(C)C[C@@]2(CO2)[C@@H]1O.PP.PPP. The van der Waals surface area contributed by atoms with Crippen molar-refractivity contribution in [2.24, 2.45) is 5.92 Å². The van der Waals surface area contributed by atoms with Gasteiger partial charge in [0.15, 0.2) is 0 Å². The van der Waals surface area contributed by atoms with Crippen LogP contribution in [0.3, 0.4) is 0 Å². The van der Waals surface area contributed by atoms with E-state index in [1.807, 2.05) is 19.9 Å². The zero-order chi connectivity index (χ0) is 24.1. The molecular weight excluding hydrogens is 487 g/mol. The molecule has 4 aliphatic rings. The lowest BCUT2D eigenvalue weighted by atomic mass is 9.78. The summed E-state index contributed by atoms with van der Waals surface area (Å²) >= 11 is 0. The zero-order valence-electron chi connectivity index (χ0n) is 19.6. The molecule has 2 spiro atoms. The molecule has 0 radical (unpaired) electrons. The summed E-state index contributed by atoms with van der Waals surface area (Å²) in [6, 6.07) is 0. The number of epoxide rings is 2. The third-order valence-corrected chi connectivity index (χ3v) is 6.03. The predicted octanol–water partition coefficient (Wildman–Crippen LogP) is 4.91. The highest BCUT2D eigenvalue weighted by Gasteiger charge is 2.60. The Kier molecular flexibility index (Phi) is 12.2. The van der Waals surface area contributed by atoms with Gasteiger partial charge in [-0.1, -0.05) is 27.0 Å². The summed E-state index contributed by atoms with van der Waals surface area (Å²) in [5.41, 5.74) is -0.544. The fraction of sp³-hybridized carbons (Fsp3) is 0.810. The smallest absolute Gasteiger partial charge is 0.123 e. The van der Waals surface area contributed by atoms with Gasteiger partial charge in [0.25, 0.3) is 0 Å². The molecule has 10 atom stereocenters. The van der Waals surface area contributed by atoms with E-state index in [2.05, 4.69) is 69.6 Å². The van der Waals surface area contributed by atoms with Gasteiger partial charge in [-0.25, -0.2) is 0 Å². The van der Waals surface area contributed by atoms with Gasteiger partial charge in [0.05, 0.1) is 36.1 Å². The standard InChI is InChI=1S/C11H18O2.C10H16O3.H5P3.H4P2/c1-5-9-8(2)11(7-12-11)6-10(3,4)13-9;1-4-7-8(11)10(6-12-10)5-9(2,3)13-7;1-3-2;1-2/h5,8-9H,1,6-7H2,2-4H3;4,7-8,11H,1,5-6H2,2-3H3;3H,1-2H2;1-2H2/t8-,9-,11-;7-,8-,10-;;/m11../s1. The van der Waals surface area contributed by atoms with Crippen LogP contribution in [0.15, 0.2) is 25.3 Å². The van der Waals surface area contributed by atoms with Gasteiger partial charge < -0.3 is 24.1 Å². The van der Waals surface area contributed by atoms with E-state index in [1.165, 1.54) is 0 Å². The third kappa shape index (κ3) is 8.25. The minimum absolute atomic E-state index is 0.0676. The molecule has 0 aromatic rings. The van der Waals surface area contributed by atoms with E-state index in [0.717, 1.165) is 27.4 Å². The molecule has 0 aliphatic carbocycles. The van der Waals surface area contributed by atoms with Crippen molar-refractivity contribution in [1.29, 1.82) is 0 Å². The van der Waals surface area contributed by atoms with E-state index < -0.39 is 6.10 Å². The number of aliphatic hydroxyl groups excluding tert-OH is 1. The third-order valence-electron chi connectivity index (χ3n) is 6.03. The predicted molar refractivity (Wildman–Crippen MR) is 147 cm³/mol. The Bertz CT molecular complexity index is 543. The Morgan fingerprint density at radius 2 is 1.23 bits per heavy atom. The van der Waals surface area contributed by atoms with Gasteiger partial charge in [0.1, 0.15) is 17.8 Å². The summed E-state index contributed by atoms with van der Waals surface area (Å²) in [5.74, 6) is 0.443. The van der Waals surface area contributed by atoms with Gasteiger partial charge in [0.2, 0.25) is 0 Å². The second kappa shape index (κ2) is 12.4. The summed E-state index contributed by atoms with van der Waals surface area (Å²) in [5, 5.41) is 9.87. The first-order valence-corrected chi connectivity index (χ1v) is 17.7. The van der Waals surface area contributed by atoms with Crippen molar-refractivity contribution in [2.75, 3.05) is 13.2 Å². The lowest BCUT2D eigenvalue weighted by Crippen LogP contribution is -2.53. The molecule has 4 heterocycles. The van der Waals surface area contributed by atoms with Crippen LogP contribution in [0.5, 0.6) is 0 Å². The van der Waals surface area contributed by atoms with Crippen molar-refractivity contribution >= 4 is 43.7 Å². The van der Waals surface area contributed by atoms with E-state index >= 15 is 0 Å². The van der Waals surface area contributed by atoms with Crippen LogP contribution in [0.4, 0.5) is 0 Å². The molecule has 0 bridgehead atoms. The Balaban J connectivity index is 0.000000258. The van der Waals surface area contributed by atoms with Crippen molar-refractivity contribution in [3.05, 3.63) is 25.3 Å². The van der Waals surface area contributed by atoms with E-state index in [-0.39, 0.29) is 34.6 Å². The Morgan fingerprint density at radius 1 is 0.871 bits per heavy atom.